The number of carbonyl (C=O) groups excluding carboxylic acids is 1. The van der Waals surface area contributed by atoms with Crippen LogP contribution in [0.3, 0.4) is 0 Å². The van der Waals surface area contributed by atoms with E-state index in [1.807, 2.05) is 29.2 Å². The summed E-state index contributed by atoms with van der Waals surface area (Å²) in [6, 6.07) is 7.53. The van der Waals surface area contributed by atoms with Crippen molar-refractivity contribution in [3.8, 4) is 11.5 Å². The average Bonchev–Trinajstić information content (AvgIpc) is 2.48. The Morgan fingerprint density at radius 3 is 2.74 bits per heavy atom. The molecule has 0 aromatic heterocycles. The molecule has 19 heavy (non-hydrogen) atoms. The van der Waals surface area contributed by atoms with E-state index < -0.39 is 0 Å². The molecule has 0 aliphatic carbocycles. The quantitative estimate of drug-likeness (QED) is 0.801. The standard InChI is InChI=1S/C14H17NO4/c16-14(15-5-7-17-8-6-15)9-11-10-18-12-3-1-2-4-13(12)19-11/h1-4,11H,5-10H2/t11-/m1/s1. The first-order valence-electron chi connectivity index (χ1n) is 6.57. The van der Waals surface area contributed by atoms with Gasteiger partial charge in [-0.25, -0.2) is 0 Å². The number of hydrogen-bond donors (Lipinski definition) is 0. The van der Waals surface area contributed by atoms with Crippen molar-refractivity contribution in [3.63, 3.8) is 0 Å². The Labute approximate surface area is 112 Å². The highest BCUT2D eigenvalue weighted by atomic mass is 16.6. The second-order valence-electron chi connectivity index (χ2n) is 4.69. The molecular formula is C14H17NO4. The van der Waals surface area contributed by atoms with Crippen LogP contribution in [0.5, 0.6) is 11.5 Å². The van der Waals surface area contributed by atoms with Gasteiger partial charge >= 0.3 is 0 Å². The van der Waals surface area contributed by atoms with Crippen molar-refractivity contribution in [1.29, 1.82) is 0 Å². The van der Waals surface area contributed by atoms with Gasteiger partial charge in [0.05, 0.1) is 19.6 Å². The van der Waals surface area contributed by atoms with E-state index in [1.165, 1.54) is 0 Å². The zero-order valence-corrected chi connectivity index (χ0v) is 10.7. The third kappa shape index (κ3) is 2.81. The summed E-state index contributed by atoms with van der Waals surface area (Å²) in [5, 5.41) is 0. The average molecular weight is 263 g/mol. The molecule has 1 aromatic rings. The van der Waals surface area contributed by atoms with Crippen molar-refractivity contribution in [1.82, 2.24) is 4.90 Å². The normalized spacial score (nSPS) is 22.1. The lowest BCUT2D eigenvalue weighted by Gasteiger charge is -2.30. The van der Waals surface area contributed by atoms with Crippen LogP contribution in [0, 0.1) is 0 Å². The second kappa shape index (κ2) is 5.48. The Bertz CT molecular complexity index is 457. The molecule has 2 aliphatic rings. The van der Waals surface area contributed by atoms with Crippen molar-refractivity contribution < 1.29 is 19.0 Å². The van der Waals surface area contributed by atoms with Gasteiger partial charge in [0, 0.05) is 13.1 Å². The van der Waals surface area contributed by atoms with E-state index >= 15 is 0 Å². The first-order valence-corrected chi connectivity index (χ1v) is 6.57. The van der Waals surface area contributed by atoms with Crippen LogP contribution in [0.15, 0.2) is 24.3 Å². The number of hydrogen-bond acceptors (Lipinski definition) is 4. The predicted octanol–water partition coefficient (Wildman–Crippen LogP) is 1.08. The van der Waals surface area contributed by atoms with Crippen LogP contribution in [0.25, 0.3) is 0 Å². The summed E-state index contributed by atoms with van der Waals surface area (Å²) >= 11 is 0. The molecule has 2 heterocycles. The maximum atomic E-state index is 12.1. The molecule has 1 fully saturated rings. The maximum Gasteiger partial charge on any atom is 0.226 e. The van der Waals surface area contributed by atoms with Gasteiger partial charge in [-0.2, -0.15) is 0 Å². The fourth-order valence-electron chi connectivity index (χ4n) is 2.30. The number of fused-ring (bicyclic) bond motifs is 1. The van der Waals surface area contributed by atoms with Crippen LogP contribution in [0.2, 0.25) is 0 Å². The van der Waals surface area contributed by atoms with Gasteiger partial charge in [-0.1, -0.05) is 12.1 Å². The summed E-state index contributed by atoms with van der Waals surface area (Å²) in [6.07, 6.45) is 0.152. The zero-order valence-electron chi connectivity index (χ0n) is 10.7. The van der Waals surface area contributed by atoms with E-state index in [-0.39, 0.29) is 12.0 Å². The summed E-state index contributed by atoms with van der Waals surface area (Å²) in [7, 11) is 0. The molecule has 1 amide bonds. The Hall–Kier alpha value is -1.75. The first-order chi connectivity index (χ1) is 9.33. The molecule has 0 unspecified atom stereocenters. The highest BCUT2D eigenvalue weighted by Gasteiger charge is 2.26. The topological polar surface area (TPSA) is 48.0 Å². The highest BCUT2D eigenvalue weighted by Crippen LogP contribution is 2.31. The second-order valence-corrected chi connectivity index (χ2v) is 4.69. The lowest BCUT2D eigenvalue weighted by atomic mass is 10.2. The Morgan fingerprint density at radius 1 is 1.21 bits per heavy atom. The molecule has 0 saturated carbocycles. The van der Waals surface area contributed by atoms with Gasteiger partial charge in [-0.3, -0.25) is 4.79 Å². The van der Waals surface area contributed by atoms with Crippen molar-refractivity contribution >= 4 is 5.91 Å². The van der Waals surface area contributed by atoms with Gasteiger partial charge < -0.3 is 19.1 Å². The molecule has 3 rings (SSSR count). The maximum absolute atomic E-state index is 12.1. The van der Waals surface area contributed by atoms with Crippen LogP contribution in [-0.2, 0) is 9.53 Å². The number of carbonyl (C=O) groups is 1. The number of para-hydroxylation sites is 2. The van der Waals surface area contributed by atoms with Crippen LogP contribution < -0.4 is 9.47 Å². The van der Waals surface area contributed by atoms with Gasteiger partial charge in [0.2, 0.25) is 5.91 Å². The van der Waals surface area contributed by atoms with Gasteiger partial charge in [-0.15, -0.1) is 0 Å². The zero-order chi connectivity index (χ0) is 13.1. The number of benzene rings is 1. The molecule has 0 bridgehead atoms. The van der Waals surface area contributed by atoms with E-state index in [0.717, 1.165) is 5.75 Å². The van der Waals surface area contributed by atoms with E-state index in [2.05, 4.69) is 0 Å². The first kappa shape index (κ1) is 12.3. The summed E-state index contributed by atoms with van der Waals surface area (Å²) in [5.41, 5.74) is 0. The minimum Gasteiger partial charge on any atom is -0.486 e. The monoisotopic (exact) mass is 263 g/mol. The van der Waals surface area contributed by atoms with E-state index in [0.29, 0.717) is 45.1 Å². The molecular weight excluding hydrogens is 246 g/mol. The van der Waals surface area contributed by atoms with Crippen LogP contribution in [-0.4, -0.2) is 49.8 Å². The molecule has 1 atom stereocenters. The number of rotatable bonds is 2. The molecule has 5 heteroatoms. The number of amides is 1. The van der Waals surface area contributed by atoms with Gasteiger partial charge in [-0.05, 0) is 12.1 Å². The van der Waals surface area contributed by atoms with Gasteiger partial charge in [0.15, 0.2) is 11.5 Å². The SMILES string of the molecule is O=C(C[C@@H]1COc2ccccc2O1)N1CCOCC1. The molecule has 0 N–H and O–H groups in total. The molecule has 0 spiro atoms. The number of ether oxygens (including phenoxy) is 3. The Kier molecular flexibility index (Phi) is 3.55. The molecule has 1 saturated heterocycles. The number of nitrogens with zero attached hydrogens (tertiary/aromatic N) is 1. The van der Waals surface area contributed by atoms with Crippen molar-refractivity contribution in [3.05, 3.63) is 24.3 Å². The fraction of sp³-hybridized carbons (Fsp3) is 0.500. The Balaban J connectivity index is 1.58. The molecule has 1 aromatic carbocycles. The largest absolute Gasteiger partial charge is 0.486 e. The summed E-state index contributed by atoms with van der Waals surface area (Å²) in [4.78, 5) is 13.9. The van der Waals surface area contributed by atoms with Gasteiger partial charge in [0.1, 0.15) is 12.7 Å². The van der Waals surface area contributed by atoms with E-state index in [1.54, 1.807) is 0 Å². The molecule has 2 aliphatic heterocycles. The van der Waals surface area contributed by atoms with Crippen molar-refractivity contribution in [2.24, 2.45) is 0 Å². The lowest BCUT2D eigenvalue weighted by Crippen LogP contribution is -2.43. The smallest absolute Gasteiger partial charge is 0.226 e. The third-order valence-corrected chi connectivity index (χ3v) is 3.33. The van der Waals surface area contributed by atoms with E-state index in [4.69, 9.17) is 14.2 Å². The third-order valence-electron chi connectivity index (χ3n) is 3.33. The van der Waals surface area contributed by atoms with Crippen LogP contribution in [0.4, 0.5) is 0 Å². The van der Waals surface area contributed by atoms with E-state index in [9.17, 15) is 4.79 Å². The lowest BCUT2D eigenvalue weighted by molar-refractivity contribution is -0.137. The van der Waals surface area contributed by atoms with Crippen molar-refractivity contribution in [2.75, 3.05) is 32.9 Å². The van der Waals surface area contributed by atoms with Crippen LogP contribution >= 0.6 is 0 Å². The van der Waals surface area contributed by atoms with Crippen LogP contribution in [0.1, 0.15) is 6.42 Å². The molecule has 0 radical (unpaired) electrons. The molecule has 5 nitrogen and oxygen atoms in total. The van der Waals surface area contributed by atoms with Gasteiger partial charge in [0.25, 0.3) is 0 Å². The summed E-state index contributed by atoms with van der Waals surface area (Å²) < 4.78 is 16.6. The number of morpholine rings is 1. The predicted molar refractivity (Wildman–Crippen MR) is 68.4 cm³/mol. The molecule has 102 valence electrons. The fourth-order valence-corrected chi connectivity index (χ4v) is 2.30. The summed E-state index contributed by atoms with van der Waals surface area (Å²) in [6.45, 7) is 3.01. The van der Waals surface area contributed by atoms with Crippen molar-refractivity contribution in [2.45, 2.75) is 12.5 Å². The highest BCUT2D eigenvalue weighted by molar-refractivity contribution is 5.77. The minimum atomic E-state index is -0.203. The Morgan fingerprint density at radius 2 is 1.95 bits per heavy atom. The minimum absolute atomic E-state index is 0.108. The summed E-state index contributed by atoms with van der Waals surface area (Å²) in [5.74, 6) is 1.57.